The number of carbonyl (C=O) groups excluding carboxylic acids is 1. The maximum Gasteiger partial charge on any atom is 0.272 e. The van der Waals surface area contributed by atoms with Crippen LogP contribution in [-0.2, 0) is 0 Å². The first-order valence-corrected chi connectivity index (χ1v) is 7.52. The predicted molar refractivity (Wildman–Crippen MR) is 82.5 cm³/mol. The summed E-state index contributed by atoms with van der Waals surface area (Å²) < 4.78 is 0. The molecule has 1 aliphatic rings. The van der Waals surface area contributed by atoms with Crippen molar-refractivity contribution in [3.8, 4) is 0 Å². The van der Waals surface area contributed by atoms with Gasteiger partial charge in [0.1, 0.15) is 5.69 Å². The van der Waals surface area contributed by atoms with Crippen LogP contribution in [0.4, 0.5) is 0 Å². The van der Waals surface area contributed by atoms with Crippen molar-refractivity contribution < 1.29 is 9.90 Å². The summed E-state index contributed by atoms with van der Waals surface area (Å²) in [5.74, 6) is 0.304. The molecule has 1 aromatic heterocycles. The highest BCUT2D eigenvalue weighted by Crippen LogP contribution is 2.25. The lowest BCUT2D eigenvalue weighted by molar-refractivity contribution is 0.0779. The van der Waals surface area contributed by atoms with E-state index in [2.05, 4.69) is 4.98 Å². The number of para-hydroxylation sites is 1. The number of likely N-dealkylation sites (tertiary alicyclic amines) is 1. The van der Waals surface area contributed by atoms with Gasteiger partial charge in [-0.3, -0.25) is 4.79 Å². The second-order valence-corrected chi connectivity index (χ2v) is 5.83. The van der Waals surface area contributed by atoms with Crippen LogP contribution in [0.2, 0.25) is 5.02 Å². The van der Waals surface area contributed by atoms with Gasteiger partial charge in [-0.25, -0.2) is 4.98 Å². The fourth-order valence-electron chi connectivity index (χ4n) is 2.84. The number of carbonyl (C=O) groups is 1. The van der Waals surface area contributed by atoms with E-state index in [9.17, 15) is 4.79 Å². The third-order valence-corrected chi connectivity index (χ3v) is 4.31. The molecule has 2 aromatic rings. The van der Waals surface area contributed by atoms with Crippen LogP contribution in [0, 0.1) is 5.92 Å². The van der Waals surface area contributed by atoms with E-state index in [1.165, 1.54) is 0 Å². The molecule has 0 aliphatic carbocycles. The molecular weight excluding hydrogens is 288 g/mol. The standard InChI is InChI=1S/C16H17ClN2O2/c17-13-9-15(18-14-4-2-1-3-12(13)14)16(21)19-7-5-11(10-19)6-8-20/h1-4,9,11,20H,5-8,10H2. The molecule has 0 spiro atoms. The monoisotopic (exact) mass is 304 g/mol. The first kappa shape index (κ1) is 14.3. The Kier molecular flexibility index (Phi) is 4.08. The third kappa shape index (κ3) is 2.87. The zero-order valence-electron chi connectivity index (χ0n) is 11.6. The van der Waals surface area contributed by atoms with Gasteiger partial charge in [0.25, 0.3) is 5.91 Å². The second kappa shape index (κ2) is 6.00. The number of fused-ring (bicyclic) bond motifs is 1. The van der Waals surface area contributed by atoms with Crippen molar-refractivity contribution in [2.24, 2.45) is 5.92 Å². The second-order valence-electron chi connectivity index (χ2n) is 5.42. The van der Waals surface area contributed by atoms with Crippen molar-refractivity contribution in [1.82, 2.24) is 9.88 Å². The zero-order valence-corrected chi connectivity index (χ0v) is 12.4. The molecule has 0 bridgehead atoms. The largest absolute Gasteiger partial charge is 0.396 e. The Morgan fingerprint density at radius 3 is 3.05 bits per heavy atom. The van der Waals surface area contributed by atoms with E-state index in [0.29, 0.717) is 23.2 Å². The van der Waals surface area contributed by atoms with Gasteiger partial charge in [0, 0.05) is 25.1 Å². The fourth-order valence-corrected chi connectivity index (χ4v) is 3.10. The van der Waals surface area contributed by atoms with Crippen molar-refractivity contribution in [2.45, 2.75) is 12.8 Å². The van der Waals surface area contributed by atoms with Crippen LogP contribution in [0.15, 0.2) is 30.3 Å². The van der Waals surface area contributed by atoms with Gasteiger partial charge in [0.15, 0.2) is 0 Å². The summed E-state index contributed by atoms with van der Waals surface area (Å²) in [4.78, 5) is 18.8. The number of hydrogen-bond donors (Lipinski definition) is 1. The van der Waals surface area contributed by atoms with E-state index in [4.69, 9.17) is 16.7 Å². The molecule has 2 heterocycles. The van der Waals surface area contributed by atoms with Crippen LogP contribution in [-0.4, -0.2) is 40.6 Å². The van der Waals surface area contributed by atoms with Gasteiger partial charge in [-0.1, -0.05) is 29.8 Å². The molecule has 1 aromatic carbocycles. The molecule has 3 rings (SSSR count). The maximum absolute atomic E-state index is 12.5. The Bertz CT molecular complexity index is 674. The summed E-state index contributed by atoms with van der Waals surface area (Å²) in [5.41, 5.74) is 1.13. The van der Waals surface area contributed by atoms with E-state index in [1.807, 2.05) is 24.3 Å². The highest BCUT2D eigenvalue weighted by Gasteiger charge is 2.27. The topological polar surface area (TPSA) is 53.4 Å². The number of benzene rings is 1. The molecule has 110 valence electrons. The van der Waals surface area contributed by atoms with E-state index in [-0.39, 0.29) is 12.5 Å². The molecule has 4 nitrogen and oxygen atoms in total. The number of rotatable bonds is 3. The molecule has 1 unspecified atom stereocenters. The average Bonchev–Trinajstić information content (AvgIpc) is 2.95. The predicted octanol–water partition coefficient (Wildman–Crippen LogP) is 2.73. The van der Waals surface area contributed by atoms with Crippen molar-refractivity contribution >= 4 is 28.4 Å². The molecular formula is C16H17ClN2O2. The summed E-state index contributed by atoms with van der Waals surface area (Å²) in [6, 6.07) is 9.18. The van der Waals surface area contributed by atoms with E-state index in [0.717, 1.165) is 30.3 Å². The number of hydrogen-bond acceptors (Lipinski definition) is 3. The Morgan fingerprint density at radius 2 is 2.24 bits per heavy atom. The molecule has 21 heavy (non-hydrogen) atoms. The number of pyridine rings is 1. The molecule has 0 radical (unpaired) electrons. The summed E-state index contributed by atoms with van der Waals surface area (Å²) in [6.45, 7) is 1.58. The number of amides is 1. The van der Waals surface area contributed by atoms with Crippen molar-refractivity contribution in [3.05, 3.63) is 41.0 Å². The average molecular weight is 305 g/mol. The maximum atomic E-state index is 12.5. The third-order valence-electron chi connectivity index (χ3n) is 4.00. The minimum absolute atomic E-state index is 0.0805. The van der Waals surface area contributed by atoms with Gasteiger partial charge in [0.2, 0.25) is 0 Å². The first-order chi connectivity index (χ1) is 10.2. The minimum Gasteiger partial charge on any atom is -0.396 e. The normalized spacial score (nSPS) is 18.4. The van der Waals surface area contributed by atoms with Crippen LogP contribution in [0.25, 0.3) is 10.9 Å². The lowest BCUT2D eigenvalue weighted by Gasteiger charge is -2.16. The number of halogens is 1. The van der Waals surface area contributed by atoms with Crippen LogP contribution in [0.1, 0.15) is 23.3 Å². The first-order valence-electron chi connectivity index (χ1n) is 7.14. The van der Waals surface area contributed by atoms with Crippen LogP contribution in [0.5, 0.6) is 0 Å². The minimum atomic E-state index is -0.0805. The quantitative estimate of drug-likeness (QED) is 0.948. The summed E-state index contributed by atoms with van der Waals surface area (Å²) in [5, 5.41) is 10.4. The number of aromatic nitrogens is 1. The molecule has 5 heteroatoms. The Balaban J connectivity index is 1.85. The van der Waals surface area contributed by atoms with Crippen LogP contribution in [0.3, 0.4) is 0 Å². The zero-order chi connectivity index (χ0) is 14.8. The number of aliphatic hydroxyl groups is 1. The molecule has 1 fully saturated rings. The van der Waals surface area contributed by atoms with Gasteiger partial charge in [-0.05, 0) is 30.9 Å². The Labute approximate surface area is 128 Å². The molecule has 1 aliphatic heterocycles. The molecule has 1 atom stereocenters. The van der Waals surface area contributed by atoms with Gasteiger partial charge < -0.3 is 10.0 Å². The molecule has 1 amide bonds. The van der Waals surface area contributed by atoms with Gasteiger partial charge in [0.05, 0.1) is 10.5 Å². The Morgan fingerprint density at radius 1 is 1.43 bits per heavy atom. The SMILES string of the molecule is O=C(c1cc(Cl)c2ccccc2n1)N1CCC(CCO)C1. The summed E-state index contributed by atoms with van der Waals surface area (Å²) in [7, 11) is 0. The van der Waals surface area contributed by atoms with Crippen molar-refractivity contribution in [2.75, 3.05) is 19.7 Å². The Hall–Kier alpha value is -1.65. The molecule has 0 saturated carbocycles. The highest BCUT2D eigenvalue weighted by molar-refractivity contribution is 6.35. The van der Waals surface area contributed by atoms with Crippen molar-refractivity contribution in [1.29, 1.82) is 0 Å². The van der Waals surface area contributed by atoms with Crippen LogP contribution >= 0.6 is 11.6 Å². The number of nitrogens with zero attached hydrogens (tertiary/aromatic N) is 2. The van der Waals surface area contributed by atoms with Crippen LogP contribution < -0.4 is 0 Å². The lowest BCUT2D eigenvalue weighted by Crippen LogP contribution is -2.29. The van der Waals surface area contributed by atoms with Crippen molar-refractivity contribution in [3.63, 3.8) is 0 Å². The van der Waals surface area contributed by atoms with E-state index >= 15 is 0 Å². The summed E-state index contributed by atoms with van der Waals surface area (Å²) >= 11 is 6.25. The summed E-state index contributed by atoms with van der Waals surface area (Å²) in [6.07, 6.45) is 1.68. The lowest BCUT2D eigenvalue weighted by atomic mass is 10.1. The molecule has 1 N–H and O–H groups in total. The number of aliphatic hydroxyl groups excluding tert-OH is 1. The molecule has 1 saturated heterocycles. The highest BCUT2D eigenvalue weighted by atomic mass is 35.5. The fraction of sp³-hybridized carbons (Fsp3) is 0.375. The van der Waals surface area contributed by atoms with Gasteiger partial charge in [-0.2, -0.15) is 0 Å². The van der Waals surface area contributed by atoms with Gasteiger partial charge in [-0.15, -0.1) is 0 Å². The van der Waals surface area contributed by atoms with E-state index in [1.54, 1.807) is 11.0 Å². The smallest absolute Gasteiger partial charge is 0.272 e. The van der Waals surface area contributed by atoms with Gasteiger partial charge >= 0.3 is 0 Å². The van der Waals surface area contributed by atoms with E-state index < -0.39 is 0 Å².